The molecular weight excluding hydrogens is 126 g/mol. The molecule has 0 saturated heterocycles. The van der Waals surface area contributed by atoms with E-state index >= 15 is 0 Å². The summed E-state index contributed by atoms with van der Waals surface area (Å²) in [5, 5.41) is 0. The Balaban J connectivity index is 2.30. The van der Waals surface area contributed by atoms with Crippen LogP contribution in [0.1, 0.15) is 19.1 Å². The van der Waals surface area contributed by atoms with Gasteiger partial charge in [0.2, 0.25) is 0 Å². The normalized spacial score (nSPS) is 38.0. The van der Waals surface area contributed by atoms with Crippen LogP contribution in [0.25, 0.3) is 0 Å². The Hall–Kier alpha value is -0.760. The number of hydrogen-bond acceptors (Lipinski definition) is 2. The van der Waals surface area contributed by atoms with Crippen LogP contribution in [-0.2, 0) is 5.54 Å². The van der Waals surface area contributed by atoms with E-state index in [-0.39, 0.29) is 5.54 Å². The highest BCUT2D eigenvalue weighted by Gasteiger charge is 2.51. The summed E-state index contributed by atoms with van der Waals surface area (Å²) in [6.45, 7) is 2.14. The lowest BCUT2D eigenvalue weighted by Gasteiger charge is -2.03. The Morgan fingerprint density at radius 3 is 2.90 bits per heavy atom. The van der Waals surface area contributed by atoms with Gasteiger partial charge in [-0.25, -0.2) is 0 Å². The smallest absolute Gasteiger partial charge is 0.123 e. The van der Waals surface area contributed by atoms with Crippen LogP contribution in [0, 0.1) is 5.92 Å². The first kappa shape index (κ1) is 5.98. The van der Waals surface area contributed by atoms with E-state index in [0.29, 0.717) is 5.92 Å². The molecular formula is C8H11NO. The minimum absolute atomic E-state index is 0.135. The van der Waals surface area contributed by atoms with Crippen LogP contribution in [0.15, 0.2) is 22.8 Å². The van der Waals surface area contributed by atoms with E-state index in [2.05, 4.69) is 6.92 Å². The molecule has 1 fully saturated rings. The molecule has 2 nitrogen and oxygen atoms in total. The first-order chi connectivity index (χ1) is 4.73. The largest absolute Gasteiger partial charge is 0.467 e. The van der Waals surface area contributed by atoms with E-state index in [9.17, 15) is 0 Å². The van der Waals surface area contributed by atoms with Crippen molar-refractivity contribution in [3.8, 4) is 0 Å². The summed E-state index contributed by atoms with van der Waals surface area (Å²) in [5.74, 6) is 1.51. The Kier molecular flexibility index (Phi) is 0.980. The third kappa shape index (κ3) is 0.625. The van der Waals surface area contributed by atoms with Gasteiger partial charge in [0.05, 0.1) is 11.8 Å². The van der Waals surface area contributed by atoms with Crippen molar-refractivity contribution in [2.75, 3.05) is 0 Å². The van der Waals surface area contributed by atoms with E-state index in [1.54, 1.807) is 6.26 Å². The summed E-state index contributed by atoms with van der Waals surface area (Å²) in [6.07, 6.45) is 2.73. The van der Waals surface area contributed by atoms with Crippen molar-refractivity contribution in [3.63, 3.8) is 0 Å². The van der Waals surface area contributed by atoms with Crippen LogP contribution in [-0.4, -0.2) is 0 Å². The van der Waals surface area contributed by atoms with Crippen LogP contribution in [0.3, 0.4) is 0 Å². The minimum atomic E-state index is -0.135. The zero-order valence-electron chi connectivity index (χ0n) is 6.00. The lowest BCUT2D eigenvalue weighted by molar-refractivity contribution is 0.442. The first-order valence-corrected chi connectivity index (χ1v) is 3.56. The second kappa shape index (κ2) is 1.64. The molecule has 0 bridgehead atoms. The highest BCUT2D eigenvalue weighted by Crippen LogP contribution is 2.49. The maximum atomic E-state index is 5.96. The molecule has 1 saturated carbocycles. The topological polar surface area (TPSA) is 39.2 Å². The Labute approximate surface area is 60.0 Å². The van der Waals surface area contributed by atoms with Gasteiger partial charge in [-0.1, -0.05) is 6.92 Å². The van der Waals surface area contributed by atoms with Gasteiger partial charge in [-0.05, 0) is 24.5 Å². The molecule has 0 radical (unpaired) electrons. The molecule has 54 valence electrons. The fourth-order valence-electron chi connectivity index (χ4n) is 1.33. The van der Waals surface area contributed by atoms with Crippen molar-refractivity contribution in [2.45, 2.75) is 18.9 Å². The van der Waals surface area contributed by atoms with Gasteiger partial charge >= 0.3 is 0 Å². The van der Waals surface area contributed by atoms with Crippen LogP contribution < -0.4 is 5.73 Å². The molecule has 1 heterocycles. The van der Waals surface area contributed by atoms with Gasteiger partial charge in [0.15, 0.2) is 0 Å². The third-order valence-electron chi connectivity index (χ3n) is 2.34. The maximum Gasteiger partial charge on any atom is 0.123 e. The number of hydrogen-bond donors (Lipinski definition) is 1. The number of rotatable bonds is 1. The summed E-state index contributed by atoms with van der Waals surface area (Å²) in [5.41, 5.74) is 5.83. The van der Waals surface area contributed by atoms with E-state index < -0.39 is 0 Å². The molecule has 2 heteroatoms. The summed E-state index contributed by atoms with van der Waals surface area (Å²) in [6, 6.07) is 3.83. The SMILES string of the molecule is CC1CC1(N)c1ccco1. The van der Waals surface area contributed by atoms with Crippen molar-refractivity contribution in [1.82, 2.24) is 0 Å². The average molecular weight is 137 g/mol. The summed E-state index contributed by atoms with van der Waals surface area (Å²) in [7, 11) is 0. The van der Waals surface area contributed by atoms with Crippen molar-refractivity contribution in [1.29, 1.82) is 0 Å². The quantitative estimate of drug-likeness (QED) is 0.636. The van der Waals surface area contributed by atoms with Gasteiger partial charge < -0.3 is 10.2 Å². The van der Waals surface area contributed by atoms with Gasteiger partial charge in [-0.3, -0.25) is 0 Å². The van der Waals surface area contributed by atoms with Crippen LogP contribution in [0.4, 0.5) is 0 Å². The molecule has 1 aromatic rings. The molecule has 0 amide bonds. The summed E-state index contributed by atoms with van der Waals surface area (Å²) in [4.78, 5) is 0. The van der Waals surface area contributed by atoms with Gasteiger partial charge in [0, 0.05) is 0 Å². The second-order valence-electron chi connectivity index (χ2n) is 3.12. The first-order valence-electron chi connectivity index (χ1n) is 3.56. The van der Waals surface area contributed by atoms with Gasteiger partial charge in [-0.15, -0.1) is 0 Å². The van der Waals surface area contributed by atoms with Crippen molar-refractivity contribution >= 4 is 0 Å². The van der Waals surface area contributed by atoms with E-state index in [0.717, 1.165) is 12.2 Å². The fraction of sp³-hybridized carbons (Fsp3) is 0.500. The van der Waals surface area contributed by atoms with Crippen molar-refractivity contribution < 1.29 is 4.42 Å². The molecule has 0 aromatic carbocycles. The average Bonchev–Trinajstić information content (AvgIpc) is 2.35. The molecule has 1 aliphatic carbocycles. The monoisotopic (exact) mass is 137 g/mol. The van der Waals surface area contributed by atoms with Gasteiger partial charge in [0.1, 0.15) is 5.76 Å². The molecule has 2 unspecified atom stereocenters. The van der Waals surface area contributed by atoms with Crippen LogP contribution >= 0.6 is 0 Å². The summed E-state index contributed by atoms with van der Waals surface area (Å²) < 4.78 is 5.21. The molecule has 10 heavy (non-hydrogen) atoms. The fourth-order valence-corrected chi connectivity index (χ4v) is 1.33. The van der Waals surface area contributed by atoms with Gasteiger partial charge in [-0.2, -0.15) is 0 Å². The van der Waals surface area contributed by atoms with Crippen molar-refractivity contribution in [3.05, 3.63) is 24.2 Å². The highest BCUT2D eigenvalue weighted by atomic mass is 16.3. The zero-order chi connectivity index (χ0) is 7.19. The van der Waals surface area contributed by atoms with E-state index in [1.807, 2.05) is 12.1 Å². The van der Waals surface area contributed by atoms with Crippen molar-refractivity contribution in [2.24, 2.45) is 11.7 Å². The molecule has 2 N–H and O–H groups in total. The predicted octanol–water partition coefficient (Wildman–Crippen LogP) is 1.47. The standard InChI is InChI=1S/C8H11NO/c1-6-5-8(6,9)7-3-2-4-10-7/h2-4,6H,5,9H2,1H3. The minimum Gasteiger partial charge on any atom is -0.467 e. The van der Waals surface area contributed by atoms with Gasteiger partial charge in [0.25, 0.3) is 0 Å². The van der Waals surface area contributed by atoms with Crippen LogP contribution in [0.2, 0.25) is 0 Å². The molecule has 0 spiro atoms. The lowest BCUT2D eigenvalue weighted by Crippen LogP contribution is -2.20. The van der Waals surface area contributed by atoms with E-state index in [4.69, 9.17) is 10.2 Å². The Morgan fingerprint density at radius 2 is 2.50 bits per heavy atom. The Bertz CT molecular complexity index is 229. The highest BCUT2D eigenvalue weighted by molar-refractivity contribution is 5.21. The second-order valence-corrected chi connectivity index (χ2v) is 3.12. The summed E-state index contributed by atoms with van der Waals surface area (Å²) >= 11 is 0. The Morgan fingerprint density at radius 1 is 1.80 bits per heavy atom. The predicted molar refractivity (Wildman–Crippen MR) is 38.4 cm³/mol. The number of nitrogens with two attached hydrogens (primary N) is 1. The van der Waals surface area contributed by atoms with E-state index in [1.165, 1.54) is 0 Å². The van der Waals surface area contributed by atoms with Crippen LogP contribution in [0.5, 0.6) is 0 Å². The molecule has 1 aromatic heterocycles. The molecule has 2 rings (SSSR count). The maximum absolute atomic E-state index is 5.96. The third-order valence-corrected chi connectivity index (χ3v) is 2.34. The molecule has 2 atom stereocenters. The molecule has 1 aliphatic rings. The molecule has 0 aliphatic heterocycles. The zero-order valence-corrected chi connectivity index (χ0v) is 6.00. The number of furan rings is 1. The lowest BCUT2D eigenvalue weighted by atomic mass is 10.2.